The Labute approximate surface area is 213 Å². The first-order valence-electron chi connectivity index (χ1n) is 11.4. The quantitative estimate of drug-likeness (QED) is 0.343. The zero-order valence-electron chi connectivity index (χ0n) is 19.5. The van der Waals surface area contributed by atoms with Gasteiger partial charge in [-0.3, -0.25) is 9.69 Å². The summed E-state index contributed by atoms with van der Waals surface area (Å²) in [5.41, 5.74) is -0.0846. The van der Waals surface area contributed by atoms with Gasteiger partial charge in [-0.1, -0.05) is 0 Å². The molecule has 3 aromatic rings. The van der Waals surface area contributed by atoms with Gasteiger partial charge >= 0.3 is 0 Å². The van der Waals surface area contributed by atoms with Crippen LogP contribution < -0.4 is 24.4 Å². The number of halogens is 3. The minimum absolute atomic E-state index is 0.0581. The van der Waals surface area contributed by atoms with Crippen molar-refractivity contribution in [3.63, 3.8) is 0 Å². The number of hydrogen-bond acceptors (Lipinski definition) is 9. The highest BCUT2D eigenvalue weighted by molar-refractivity contribution is 7.14. The number of rotatable bonds is 9. The number of benzene rings is 2. The molecule has 12 heteroatoms. The van der Waals surface area contributed by atoms with Crippen molar-refractivity contribution in [2.24, 2.45) is 5.92 Å². The van der Waals surface area contributed by atoms with Gasteiger partial charge in [0.25, 0.3) is 0 Å². The molecule has 1 aliphatic carbocycles. The number of thiophene rings is 1. The van der Waals surface area contributed by atoms with E-state index in [0.29, 0.717) is 23.8 Å². The molecule has 1 saturated carbocycles. The summed E-state index contributed by atoms with van der Waals surface area (Å²) >= 11 is 1.11. The summed E-state index contributed by atoms with van der Waals surface area (Å²) in [6, 6.07) is 4.42. The molecule has 0 radical (unpaired) electrons. The van der Waals surface area contributed by atoms with Gasteiger partial charge in [-0.05, 0) is 30.9 Å². The Balaban J connectivity index is 1.46. The summed E-state index contributed by atoms with van der Waals surface area (Å²) in [5, 5.41) is 26.1. The number of methoxy groups -OCH3 is 1. The van der Waals surface area contributed by atoms with Crippen LogP contribution in [0.4, 0.5) is 23.9 Å². The Morgan fingerprint density at radius 2 is 1.89 bits per heavy atom. The van der Waals surface area contributed by atoms with E-state index in [1.807, 2.05) is 0 Å². The normalized spacial score (nSPS) is 18.7. The number of anilines is 2. The first kappa shape index (κ1) is 25.2. The fourth-order valence-corrected chi connectivity index (χ4v) is 5.01. The maximum Gasteiger partial charge on any atom is 0.208 e. The number of ether oxygens (including phenoxy) is 3. The average Bonchev–Trinajstić information content (AvgIpc) is 3.62. The van der Waals surface area contributed by atoms with Crippen molar-refractivity contribution in [2.75, 3.05) is 23.9 Å². The fourth-order valence-electron chi connectivity index (χ4n) is 4.05. The molecule has 1 aliphatic heterocycles. The molecule has 5 rings (SSSR count). The highest BCUT2D eigenvalue weighted by Gasteiger charge is 2.37. The molecular weight excluding hydrogens is 513 g/mol. The van der Waals surface area contributed by atoms with Crippen molar-refractivity contribution >= 4 is 28.3 Å². The molecule has 0 spiro atoms. The number of nitrogens with zero attached hydrogens (tertiary/aromatic N) is 1. The van der Waals surface area contributed by atoms with Gasteiger partial charge in [0.05, 0.1) is 25.0 Å². The van der Waals surface area contributed by atoms with Crippen LogP contribution in [0.3, 0.4) is 0 Å². The van der Waals surface area contributed by atoms with Gasteiger partial charge in [-0.25, -0.2) is 13.2 Å². The standard InChI is InChI=1S/C25H23F3N2O6S/c1-34-19-6-16(27)17(30-24(32)21-13(8-31)11-37-23(21)29-25(30)33)7-20(19)36-10-14-18(35-9-12-2-3-12)5-4-15(26)22(14)28/h4-8,11-12,24-25,29,32-33H,2-3,9-10H2,1H3. The van der Waals surface area contributed by atoms with E-state index in [-0.39, 0.29) is 39.6 Å². The van der Waals surface area contributed by atoms with Crippen LogP contribution in [0.25, 0.3) is 0 Å². The minimum Gasteiger partial charge on any atom is -0.493 e. The molecule has 196 valence electrons. The number of carbonyl (C=O) groups excluding carboxylic acids is 1. The van der Waals surface area contributed by atoms with Gasteiger partial charge in [0, 0.05) is 28.6 Å². The van der Waals surface area contributed by atoms with Gasteiger partial charge in [0.1, 0.15) is 17.4 Å². The molecule has 2 aliphatic rings. The Morgan fingerprint density at radius 3 is 2.59 bits per heavy atom. The van der Waals surface area contributed by atoms with Gasteiger partial charge in [0.2, 0.25) is 6.35 Å². The lowest BCUT2D eigenvalue weighted by atomic mass is 10.1. The van der Waals surface area contributed by atoms with E-state index in [0.717, 1.165) is 47.3 Å². The third-order valence-corrected chi connectivity index (χ3v) is 7.18. The average molecular weight is 537 g/mol. The molecule has 2 atom stereocenters. The van der Waals surface area contributed by atoms with Gasteiger partial charge in [-0.2, -0.15) is 0 Å². The summed E-state index contributed by atoms with van der Waals surface area (Å²) in [5.74, 6) is -2.70. The lowest BCUT2D eigenvalue weighted by Gasteiger charge is -2.39. The molecule has 2 heterocycles. The van der Waals surface area contributed by atoms with Crippen molar-refractivity contribution in [1.82, 2.24) is 0 Å². The van der Waals surface area contributed by atoms with Crippen molar-refractivity contribution in [1.29, 1.82) is 0 Å². The Kier molecular flexibility index (Phi) is 6.88. The second-order valence-corrected chi connectivity index (χ2v) is 9.57. The van der Waals surface area contributed by atoms with Crippen molar-refractivity contribution in [3.05, 3.63) is 63.8 Å². The van der Waals surface area contributed by atoms with Gasteiger partial charge in [-0.15, -0.1) is 11.3 Å². The number of aliphatic hydroxyl groups excluding tert-OH is 2. The maximum absolute atomic E-state index is 15.1. The van der Waals surface area contributed by atoms with Crippen molar-refractivity contribution in [3.8, 4) is 17.2 Å². The highest BCUT2D eigenvalue weighted by atomic mass is 32.1. The monoisotopic (exact) mass is 536 g/mol. The number of aldehydes is 1. The SMILES string of the molecule is COc1cc(F)c(N2C(O)Nc3scc(C=O)c3C2O)cc1OCc1c(OCC2CC2)ccc(F)c1F. The topological polar surface area (TPSA) is 100 Å². The largest absolute Gasteiger partial charge is 0.493 e. The third kappa shape index (κ3) is 4.79. The van der Waals surface area contributed by atoms with E-state index < -0.39 is 36.6 Å². The molecule has 0 bridgehead atoms. The molecule has 2 unspecified atom stereocenters. The first-order valence-corrected chi connectivity index (χ1v) is 12.3. The molecule has 37 heavy (non-hydrogen) atoms. The zero-order chi connectivity index (χ0) is 26.3. The summed E-state index contributed by atoms with van der Waals surface area (Å²) in [7, 11) is 1.27. The maximum atomic E-state index is 15.1. The Bertz CT molecular complexity index is 1330. The number of carbonyl (C=O) groups is 1. The number of hydrogen-bond donors (Lipinski definition) is 3. The minimum atomic E-state index is -1.57. The van der Waals surface area contributed by atoms with Gasteiger partial charge in [0.15, 0.2) is 41.5 Å². The first-order chi connectivity index (χ1) is 17.8. The zero-order valence-corrected chi connectivity index (χ0v) is 20.4. The van der Waals surface area contributed by atoms with E-state index in [9.17, 15) is 23.8 Å². The molecule has 3 N–H and O–H groups in total. The van der Waals surface area contributed by atoms with Crippen molar-refractivity contribution in [2.45, 2.75) is 32.0 Å². The second-order valence-electron chi connectivity index (χ2n) is 8.69. The van der Waals surface area contributed by atoms with Crippen LogP contribution in [-0.4, -0.2) is 36.6 Å². The van der Waals surface area contributed by atoms with Crippen LogP contribution in [0.5, 0.6) is 17.2 Å². The summed E-state index contributed by atoms with van der Waals surface area (Å²) in [6.45, 7) is -0.106. The molecule has 2 aromatic carbocycles. The molecule has 0 amide bonds. The van der Waals surface area contributed by atoms with E-state index >= 15 is 4.39 Å². The molecule has 1 fully saturated rings. The lowest BCUT2D eigenvalue weighted by Crippen LogP contribution is -2.47. The third-order valence-electron chi connectivity index (χ3n) is 6.24. The molecular formula is C25H23F3N2O6S. The van der Waals surface area contributed by atoms with E-state index in [4.69, 9.17) is 14.2 Å². The fraction of sp³-hybridized carbons (Fsp3) is 0.320. The molecule has 8 nitrogen and oxygen atoms in total. The summed E-state index contributed by atoms with van der Waals surface area (Å²) in [6.07, 6.45) is -0.563. The smallest absolute Gasteiger partial charge is 0.208 e. The van der Waals surface area contributed by atoms with Crippen LogP contribution in [-0.2, 0) is 6.61 Å². The predicted molar refractivity (Wildman–Crippen MR) is 129 cm³/mol. The molecule has 0 saturated heterocycles. The second kappa shape index (κ2) is 10.1. The summed E-state index contributed by atoms with van der Waals surface area (Å²) in [4.78, 5) is 12.3. The van der Waals surface area contributed by atoms with Crippen molar-refractivity contribution < 1.29 is 42.4 Å². The summed E-state index contributed by atoms with van der Waals surface area (Å²) < 4.78 is 60.4. The highest BCUT2D eigenvalue weighted by Crippen LogP contribution is 2.44. The number of nitrogens with one attached hydrogen (secondary N) is 1. The Morgan fingerprint density at radius 1 is 1.11 bits per heavy atom. The van der Waals surface area contributed by atoms with E-state index in [1.165, 1.54) is 18.6 Å². The molecule has 1 aromatic heterocycles. The van der Waals surface area contributed by atoms with Crippen LogP contribution in [0, 0.1) is 23.4 Å². The van der Waals surface area contributed by atoms with Crippen LogP contribution in [0.1, 0.15) is 40.6 Å². The van der Waals surface area contributed by atoms with E-state index in [1.54, 1.807) is 0 Å². The lowest BCUT2D eigenvalue weighted by molar-refractivity contribution is 0.0888. The van der Waals surface area contributed by atoms with Crippen LogP contribution in [0.2, 0.25) is 0 Å². The predicted octanol–water partition coefficient (Wildman–Crippen LogP) is 4.55. The van der Waals surface area contributed by atoms with Gasteiger partial charge < -0.3 is 29.7 Å². The number of fused-ring (bicyclic) bond motifs is 1. The Hall–Kier alpha value is -3.48. The number of aliphatic hydroxyl groups is 2. The van der Waals surface area contributed by atoms with Crippen LogP contribution in [0.15, 0.2) is 29.6 Å². The van der Waals surface area contributed by atoms with Crippen LogP contribution >= 0.6 is 11.3 Å². The van der Waals surface area contributed by atoms with E-state index in [2.05, 4.69) is 5.32 Å².